The van der Waals surface area contributed by atoms with Crippen molar-refractivity contribution in [1.82, 2.24) is 9.97 Å². The van der Waals surface area contributed by atoms with E-state index in [4.69, 9.17) is 5.73 Å². The largest absolute Gasteiger partial charge is 0.365 e. The van der Waals surface area contributed by atoms with Gasteiger partial charge in [0.1, 0.15) is 11.2 Å². The van der Waals surface area contributed by atoms with Crippen molar-refractivity contribution in [3.8, 4) is 0 Å². The van der Waals surface area contributed by atoms with E-state index in [1.165, 1.54) is 6.20 Å². The van der Waals surface area contributed by atoms with Gasteiger partial charge in [0.25, 0.3) is 5.91 Å². The van der Waals surface area contributed by atoms with E-state index in [0.717, 1.165) is 11.3 Å². The molecule has 2 rings (SSSR count). The van der Waals surface area contributed by atoms with Gasteiger partial charge in [0.2, 0.25) is 5.43 Å². The Kier molecular flexibility index (Phi) is 2.23. The van der Waals surface area contributed by atoms with E-state index in [0.29, 0.717) is 11.0 Å². The summed E-state index contributed by atoms with van der Waals surface area (Å²) in [7, 11) is 0. The first-order valence-corrected chi connectivity index (χ1v) is 4.80. The smallest absolute Gasteiger partial charge is 0.254 e. The molecule has 0 radical (unpaired) electrons. The molecular weight excluding hydrogens is 206 g/mol. The number of hydrogen-bond donors (Lipinski definition) is 2. The summed E-state index contributed by atoms with van der Waals surface area (Å²) in [5.41, 5.74) is 6.89. The van der Waals surface area contributed by atoms with E-state index in [9.17, 15) is 9.59 Å². The average Bonchev–Trinajstić information content (AvgIpc) is 2.21. The van der Waals surface area contributed by atoms with Gasteiger partial charge in [-0.25, -0.2) is 4.98 Å². The zero-order valence-corrected chi connectivity index (χ0v) is 9.00. The number of primary amides is 1. The fourth-order valence-electron chi connectivity index (χ4n) is 1.52. The lowest BCUT2D eigenvalue weighted by Gasteiger charge is -2.03. The lowest BCUT2D eigenvalue weighted by molar-refractivity contribution is 0.0999. The van der Waals surface area contributed by atoms with E-state index < -0.39 is 5.91 Å². The Morgan fingerprint density at radius 3 is 2.75 bits per heavy atom. The number of fused-ring (bicyclic) bond motifs is 1. The summed E-state index contributed by atoms with van der Waals surface area (Å²) in [6.45, 7) is 3.72. The van der Waals surface area contributed by atoms with Crippen LogP contribution in [0.5, 0.6) is 0 Å². The lowest BCUT2D eigenvalue weighted by Crippen LogP contribution is -2.22. The molecule has 0 bridgehead atoms. The van der Waals surface area contributed by atoms with Gasteiger partial charge in [0, 0.05) is 11.9 Å². The Hall–Kier alpha value is -2.17. The molecule has 82 valence electrons. The highest BCUT2D eigenvalue weighted by molar-refractivity contribution is 5.95. The number of amides is 1. The van der Waals surface area contributed by atoms with Crippen molar-refractivity contribution >= 4 is 16.9 Å². The van der Waals surface area contributed by atoms with Crippen molar-refractivity contribution in [2.75, 3.05) is 0 Å². The molecule has 0 unspecified atom stereocenters. The van der Waals surface area contributed by atoms with Crippen LogP contribution in [0.4, 0.5) is 0 Å². The normalized spacial score (nSPS) is 10.6. The highest BCUT2D eigenvalue weighted by atomic mass is 16.2. The van der Waals surface area contributed by atoms with E-state index in [1.54, 1.807) is 6.07 Å². The Morgan fingerprint density at radius 2 is 2.12 bits per heavy atom. The molecule has 0 aliphatic heterocycles. The van der Waals surface area contributed by atoms with Crippen LogP contribution in [0.3, 0.4) is 0 Å². The van der Waals surface area contributed by atoms with Crippen LogP contribution < -0.4 is 11.2 Å². The summed E-state index contributed by atoms with van der Waals surface area (Å²) >= 11 is 0. The standard InChI is InChI=1S/C11H11N3O2/c1-5-3-7-9(15)8(10(12)16)4-13-11(7)14-6(5)2/h3-4H,1-2H3,(H2,12,16)(H,13,14,15). The number of rotatable bonds is 1. The van der Waals surface area contributed by atoms with Crippen molar-refractivity contribution in [2.45, 2.75) is 13.8 Å². The molecule has 0 fully saturated rings. The Labute approximate surface area is 91.3 Å². The fraction of sp³-hybridized carbons (Fsp3) is 0.182. The summed E-state index contributed by atoms with van der Waals surface area (Å²) in [4.78, 5) is 29.9. The molecular formula is C11H11N3O2. The third-order valence-electron chi connectivity index (χ3n) is 2.57. The average molecular weight is 217 g/mol. The van der Waals surface area contributed by atoms with Crippen molar-refractivity contribution in [2.24, 2.45) is 5.73 Å². The number of aromatic nitrogens is 2. The van der Waals surface area contributed by atoms with Gasteiger partial charge in [0.05, 0.1) is 5.39 Å². The first-order valence-electron chi connectivity index (χ1n) is 4.80. The molecule has 0 atom stereocenters. The number of nitrogens with two attached hydrogens (primary N) is 1. The summed E-state index contributed by atoms with van der Waals surface area (Å²) in [6.07, 6.45) is 1.30. The number of aromatic amines is 1. The molecule has 0 spiro atoms. The van der Waals surface area contributed by atoms with Crippen LogP contribution >= 0.6 is 0 Å². The van der Waals surface area contributed by atoms with Gasteiger partial charge in [-0.2, -0.15) is 0 Å². The number of H-pyrrole nitrogens is 1. The molecule has 2 aromatic rings. The molecule has 0 aliphatic rings. The van der Waals surface area contributed by atoms with Gasteiger partial charge in [-0.05, 0) is 25.5 Å². The van der Waals surface area contributed by atoms with Gasteiger partial charge in [-0.15, -0.1) is 0 Å². The van der Waals surface area contributed by atoms with Crippen LogP contribution in [0.1, 0.15) is 21.6 Å². The number of nitrogens with zero attached hydrogens (tertiary/aromatic N) is 1. The third-order valence-corrected chi connectivity index (χ3v) is 2.57. The molecule has 3 N–H and O–H groups in total. The maximum absolute atomic E-state index is 11.9. The highest BCUT2D eigenvalue weighted by Crippen LogP contribution is 2.11. The highest BCUT2D eigenvalue weighted by Gasteiger charge is 2.11. The van der Waals surface area contributed by atoms with E-state index >= 15 is 0 Å². The predicted octanol–water partition coefficient (Wildman–Crippen LogP) is 0.639. The molecule has 0 saturated carbocycles. The fourth-order valence-corrected chi connectivity index (χ4v) is 1.52. The Morgan fingerprint density at radius 1 is 1.44 bits per heavy atom. The molecule has 5 nitrogen and oxygen atoms in total. The lowest BCUT2D eigenvalue weighted by atomic mass is 10.1. The topological polar surface area (TPSA) is 88.8 Å². The number of nitrogens with one attached hydrogen (secondary N) is 1. The quantitative estimate of drug-likeness (QED) is 0.734. The first-order chi connectivity index (χ1) is 7.50. The summed E-state index contributed by atoms with van der Waals surface area (Å²) in [5.74, 6) is -0.735. The second-order valence-corrected chi connectivity index (χ2v) is 3.68. The van der Waals surface area contributed by atoms with Crippen LogP contribution in [0, 0.1) is 13.8 Å². The van der Waals surface area contributed by atoms with Crippen LogP contribution in [0.25, 0.3) is 11.0 Å². The molecule has 2 aromatic heterocycles. The Balaban J connectivity index is 2.90. The molecule has 5 heteroatoms. The predicted molar refractivity (Wildman–Crippen MR) is 60.4 cm³/mol. The van der Waals surface area contributed by atoms with Gasteiger partial charge >= 0.3 is 0 Å². The van der Waals surface area contributed by atoms with E-state index in [1.807, 2.05) is 13.8 Å². The molecule has 0 aliphatic carbocycles. The van der Waals surface area contributed by atoms with Crippen LogP contribution in [0.2, 0.25) is 0 Å². The SMILES string of the molecule is Cc1cc2c(=O)c(C(N)=O)c[nH]c2nc1C. The zero-order valence-electron chi connectivity index (χ0n) is 9.00. The van der Waals surface area contributed by atoms with Crippen LogP contribution in [-0.2, 0) is 0 Å². The zero-order chi connectivity index (χ0) is 11.9. The minimum atomic E-state index is -0.735. The van der Waals surface area contributed by atoms with Gasteiger partial charge in [0.15, 0.2) is 0 Å². The van der Waals surface area contributed by atoms with Crippen LogP contribution in [0.15, 0.2) is 17.1 Å². The number of pyridine rings is 2. The Bertz CT molecular complexity index is 643. The van der Waals surface area contributed by atoms with Crippen LogP contribution in [-0.4, -0.2) is 15.9 Å². The van der Waals surface area contributed by atoms with E-state index in [2.05, 4.69) is 9.97 Å². The molecule has 1 amide bonds. The summed E-state index contributed by atoms with van der Waals surface area (Å²) in [5, 5.41) is 0.388. The van der Waals surface area contributed by atoms with Crippen molar-refractivity contribution in [3.63, 3.8) is 0 Å². The van der Waals surface area contributed by atoms with E-state index in [-0.39, 0.29) is 11.0 Å². The first kappa shape index (κ1) is 10.4. The summed E-state index contributed by atoms with van der Waals surface area (Å²) < 4.78 is 0. The second-order valence-electron chi connectivity index (χ2n) is 3.68. The van der Waals surface area contributed by atoms with Gasteiger partial charge in [-0.3, -0.25) is 9.59 Å². The summed E-state index contributed by atoms with van der Waals surface area (Å²) in [6, 6.07) is 1.71. The number of carbonyl (C=O) groups excluding carboxylic acids is 1. The van der Waals surface area contributed by atoms with Crippen molar-refractivity contribution in [1.29, 1.82) is 0 Å². The second kappa shape index (κ2) is 3.44. The monoisotopic (exact) mass is 217 g/mol. The van der Waals surface area contributed by atoms with Gasteiger partial charge in [-0.1, -0.05) is 0 Å². The minimum Gasteiger partial charge on any atom is -0.365 e. The third kappa shape index (κ3) is 1.46. The minimum absolute atomic E-state index is 0.0439. The number of hydrogen-bond acceptors (Lipinski definition) is 3. The van der Waals surface area contributed by atoms with Crippen molar-refractivity contribution < 1.29 is 4.79 Å². The number of carbonyl (C=O) groups is 1. The maximum Gasteiger partial charge on any atom is 0.254 e. The molecule has 2 heterocycles. The van der Waals surface area contributed by atoms with Crippen molar-refractivity contribution in [3.05, 3.63) is 39.3 Å². The molecule has 16 heavy (non-hydrogen) atoms. The van der Waals surface area contributed by atoms with Gasteiger partial charge < -0.3 is 10.7 Å². The molecule has 0 aromatic carbocycles. The number of aryl methyl sites for hydroxylation is 2. The maximum atomic E-state index is 11.9. The molecule has 0 saturated heterocycles.